The fourth-order valence-electron chi connectivity index (χ4n) is 3.03. The lowest BCUT2D eigenvalue weighted by atomic mass is 10.1. The molecule has 0 spiro atoms. The van der Waals surface area contributed by atoms with Gasteiger partial charge in [0.05, 0.1) is 6.04 Å². The van der Waals surface area contributed by atoms with Gasteiger partial charge in [0.2, 0.25) is 5.91 Å². The van der Waals surface area contributed by atoms with Gasteiger partial charge in [0.1, 0.15) is 0 Å². The zero-order valence-corrected chi connectivity index (χ0v) is 14.1. The number of nitrogens with zero attached hydrogens (tertiary/aromatic N) is 2. The Morgan fingerprint density at radius 2 is 1.81 bits per heavy atom. The van der Waals surface area contributed by atoms with Gasteiger partial charge in [-0.3, -0.25) is 14.6 Å². The Hall–Kier alpha value is -0.650. The predicted octanol–water partition coefficient (Wildman–Crippen LogP) is 1.04. The van der Waals surface area contributed by atoms with Crippen molar-refractivity contribution in [2.75, 3.05) is 39.3 Å². The first-order valence-electron chi connectivity index (χ1n) is 8.59. The quantitative estimate of drug-likeness (QED) is 0.624. The Morgan fingerprint density at radius 3 is 2.33 bits per heavy atom. The van der Waals surface area contributed by atoms with Gasteiger partial charge in [0.25, 0.3) is 0 Å². The van der Waals surface area contributed by atoms with E-state index in [1.165, 1.54) is 0 Å². The molecular weight excluding hydrogens is 264 g/mol. The number of carbonyl (C=O) groups excluding carboxylic acids is 1. The molecule has 124 valence electrons. The maximum Gasteiger partial charge on any atom is 0.237 e. The minimum Gasteiger partial charge on any atom is -0.355 e. The van der Waals surface area contributed by atoms with Gasteiger partial charge in [-0.15, -0.1) is 0 Å². The molecule has 0 aromatic carbocycles. The van der Waals surface area contributed by atoms with E-state index in [1.54, 1.807) is 0 Å². The van der Waals surface area contributed by atoms with Crippen molar-refractivity contribution in [3.8, 4) is 0 Å². The second kappa shape index (κ2) is 10.1. The normalized spacial score (nSPS) is 20.2. The molecule has 2 atom stereocenters. The van der Waals surface area contributed by atoms with E-state index in [0.29, 0.717) is 6.04 Å². The molecule has 21 heavy (non-hydrogen) atoms. The van der Waals surface area contributed by atoms with Crippen LogP contribution >= 0.6 is 0 Å². The molecule has 1 fully saturated rings. The number of amides is 1. The highest BCUT2D eigenvalue weighted by molar-refractivity contribution is 5.81. The van der Waals surface area contributed by atoms with Crippen LogP contribution in [0.3, 0.4) is 0 Å². The van der Waals surface area contributed by atoms with Gasteiger partial charge in [-0.05, 0) is 32.7 Å². The maximum absolute atomic E-state index is 12.1. The first-order chi connectivity index (χ1) is 10.1. The zero-order valence-electron chi connectivity index (χ0n) is 14.1. The van der Waals surface area contributed by atoms with Crippen LogP contribution in [0.4, 0.5) is 0 Å². The fraction of sp³-hybridized carbons (Fsp3) is 0.938. The summed E-state index contributed by atoms with van der Waals surface area (Å²) in [5, 5.41) is 3.04. The number of nitrogens with two attached hydrogens (primary N) is 1. The van der Waals surface area contributed by atoms with E-state index in [2.05, 4.69) is 29.0 Å². The van der Waals surface area contributed by atoms with Gasteiger partial charge in [-0.2, -0.15) is 0 Å². The van der Waals surface area contributed by atoms with Crippen LogP contribution in [0.1, 0.15) is 46.5 Å². The third kappa shape index (κ3) is 5.93. The van der Waals surface area contributed by atoms with Crippen LogP contribution in [0.25, 0.3) is 0 Å². The Kier molecular flexibility index (Phi) is 8.88. The van der Waals surface area contributed by atoms with Crippen LogP contribution in [-0.2, 0) is 4.79 Å². The van der Waals surface area contributed by atoms with Gasteiger partial charge in [0.15, 0.2) is 0 Å². The summed E-state index contributed by atoms with van der Waals surface area (Å²) >= 11 is 0. The average Bonchev–Trinajstić information content (AvgIpc) is 2.52. The zero-order chi connectivity index (χ0) is 15.7. The lowest BCUT2D eigenvalue weighted by Crippen LogP contribution is -2.56. The van der Waals surface area contributed by atoms with E-state index >= 15 is 0 Å². The number of rotatable bonds is 9. The minimum atomic E-state index is -0.0152. The summed E-state index contributed by atoms with van der Waals surface area (Å²) in [5.74, 6) is 0.172. The van der Waals surface area contributed by atoms with E-state index < -0.39 is 0 Å². The summed E-state index contributed by atoms with van der Waals surface area (Å²) < 4.78 is 0. The van der Waals surface area contributed by atoms with Crippen LogP contribution < -0.4 is 11.1 Å². The van der Waals surface area contributed by atoms with Crippen LogP contribution in [0.2, 0.25) is 0 Å². The molecule has 5 heteroatoms. The van der Waals surface area contributed by atoms with Gasteiger partial charge >= 0.3 is 0 Å². The number of carbonyl (C=O) groups is 1. The Morgan fingerprint density at radius 1 is 1.19 bits per heavy atom. The highest BCUT2D eigenvalue weighted by Crippen LogP contribution is 2.13. The number of piperazine rings is 1. The lowest BCUT2D eigenvalue weighted by Gasteiger charge is -2.40. The van der Waals surface area contributed by atoms with Crippen molar-refractivity contribution in [2.45, 2.75) is 58.5 Å². The largest absolute Gasteiger partial charge is 0.355 e. The van der Waals surface area contributed by atoms with E-state index in [1.807, 2.05) is 6.92 Å². The standard InChI is InChI=1S/C16H34N4O/c1-4-6-9-18-16(21)14(3)19-10-12-20(13-11-19)15(5-2)7-8-17/h14-15H,4-13,17H2,1-3H3,(H,18,21). The molecule has 0 radical (unpaired) electrons. The number of nitrogens with one attached hydrogen (secondary N) is 1. The summed E-state index contributed by atoms with van der Waals surface area (Å²) in [6.45, 7) is 12.0. The number of hydrogen-bond donors (Lipinski definition) is 2. The van der Waals surface area contributed by atoms with Gasteiger partial charge < -0.3 is 11.1 Å². The Bertz CT molecular complexity index is 290. The summed E-state index contributed by atoms with van der Waals surface area (Å²) in [6.07, 6.45) is 4.41. The first kappa shape index (κ1) is 18.4. The smallest absolute Gasteiger partial charge is 0.237 e. The molecule has 1 amide bonds. The molecule has 0 bridgehead atoms. The lowest BCUT2D eigenvalue weighted by molar-refractivity contribution is -0.126. The van der Waals surface area contributed by atoms with Crippen molar-refractivity contribution < 1.29 is 4.79 Å². The molecule has 1 rings (SSSR count). The van der Waals surface area contributed by atoms with Crippen LogP contribution in [0, 0.1) is 0 Å². The van der Waals surface area contributed by atoms with Gasteiger partial charge in [-0.1, -0.05) is 20.3 Å². The molecule has 3 N–H and O–H groups in total. The summed E-state index contributed by atoms with van der Waals surface area (Å²) in [6, 6.07) is 0.587. The van der Waals surface area contributed by atoms with Crippen molar-refractivity contribution in [3.05, 3.63) is 0 Å². The second-order valence-electron chi connectivity index (χ2n) is 6.03. The molecule has 0 saturated carbocycles. The topological polar surface area (TPSA) is 61.6 Å². The molecule has 1 heterocycles. The fourth-order valence-corrected chi connectivity index (χ4v) is 3.03. The number of hydrogen-bond acceptors (Lipinski definition) is 4. The van der Waals surface area contributed by atoms with E-state index in [0.717, 1.165) is 65.0 Å². The molecule has 0 aliphatic carbocycles. The van der Waals surface area contributed by atoms with E-state index in [4.69, 9.17) is 5.73 Å². The van der Waals surface area contributed by atoms with Crippen molar-refractivity contribution in [1.82, 2.24) is 15.1 Å². The first-order valence-corrected chi connectivity index (χ1v) is 8.59. The van der Waals surface area contributed by atoms with E-state index in [9.17, 15) is 4.79 Å². The molecule has 1 aliphatic heterocycles. The summed E-state index contributed by atoms with van der Waals surface area (Å²) in [5.41, 5.74) is 5.69. The summed E-state index contributed by atoms with van der Waals surface area (Å²) in [7, 11) is 0. The van der Waals surface area contributed by atoms with Crippen molar-refractivity contribution >= 4 is 5.91 Å². The minimum absolute atomic E-state index is 0.0152. The summed E-state index contributed by atoms with van der Waals surface area (Å²) in [4.78, 5) is 16.9. The second-order valence-corrected chi connectivity index (χ2v) is 6.03. The Balaban J connectivity index is 2.35. The maximum atomic E-state index is 12.1. The molecule has 2 unspecified atom stereocenters. The molecule has 0 aromatic rings. The highest BCUT2D eigenvalue weighted by atomic mass is 16.2. The molecule has 1 aliphatic rings. The number of unbranched alkanes of at least 4 members (excludes halogenated alkanes) is 1. The van der Waals surface area contributed by atoms with Crippen molar-refractivity contribution in [1.29, 1.82) is 0 Å². The molecule has 0 aromatic heterocycles. The molecule has 1 saturated heterocycles. The van der Waals surface area contributed by atoms with Gasteiger partial charge in [0, 0.05) is 38.8 Å². The molecule has 5 nitrogen and oxygen atoms in total. The van der Waals surface area contributed by atoms with Crippen molar-refractivity contribution in [2.24, 2.45) is 5.73 Å². The third-order valence-corrected chi connectivity index (χ3v) is 4.59. The van der Waals surface area contributed by atoms with Crippen LogP contribution in [0.15, 0.2) is 0 Å². The van der Waals surface area contributed by atoms with Crippen LogP contribution in [0.5, 0.6) is 0 Å². The third-order valence-electron chi connectivity index (χ3n) is 4.59. The van der Waals surface area contributed by atoms with Crippen LogP contribution in [-0.4, -0.2) is 67.1 Å². The Labute approximate surface area is 130 Å². The average molecular weight is 298 g/mol. The van der Waals surface area contributed by atoms with Gasteiger partial charge in [-0.25, -0.2) is 0 Å². The highest BCUT2D eigenvalue weighted by Gasteiger charge is 2.27. The predicted molar refractivity (Wildman–Crippen MR) is 88.3 cm³/mol. The molecular formula is C16H34N4O. The SMILES string of the molecule is CCCCNC(=O)C(C)N1CCN(C(CC)CCN)CC1. The van der Waals surface area contributed by atoms with E-state index in [-0.39, 0.29) is 11.9 Å². The van der Waals surface area contributed by atoms with Crippen molar-refractivity contribution in [3.63, 3.8) is 0 Å². The monoisotopic (exact) mass is 298 g/mol.